The average Bonchev–Trinajstić information content (AvgIpc) is 2.48. The summed E-state index contributed by atoms with van der Waals surface area (Å²) in [5.41, 5.74) is 3.54. The Labute approximate surface area is 129 Å². The fourth-order valence-corrected chi connectivity index (χ4v) is 3.35. The quantitative estimate of drug-likeness (QED) is 0.892. The first kappa shape index (κ1) is 16.3. The lowest BCUT2D eigenvalue weighted by molar-refractivity contribution is -0.0898. The van der Waals surface area contributed by atoms with E-state index in [2.05, 4.69) is 45.1 Å². The number of aryl methyl sites for hydroxylation is 1. The summed E-state index contributed by atoms with van der Waals surface area (Å²) in [6.45, 7) is 10.4. The van der Waals surface area contributed by atoms with Gasteiger partial charge in [0, 0.05) is 12.2 Å². The fraction of sp³-hybridized carbons (Fsp3) is 0.667. The van der Waals surface area contributed by atoms with Crippen LogP contribution in [-0.4, -0.2) is 25.9 Å². The van der Waals surface area contributed by atoms with Gasteiger partial charge in [-0.3, -0.25) is 0 Å². The third-order valence-corrected chi connectivity index (χ3v) is 4.74. The van der Waals surface area contributed by atoms with Gasteiger partial charge in [-0.1, -0.05) is 19.1 Å². The first-order valence-corrected chi connectivity index (χ1v) is 8.05. The molecule has 1 heterocycles. The lowest BCUT2D eigenvalue weighted by Crippen LogP contribution is -2.46. The maximum Gasteiger partial charge on any atom is 0.126 e. The molecule has 0 bridgehead atoms. The van der Waals surface area contributed by atoms with E-state index in [1.807, 2.05) is 0 Å². The molecule has 1 N–H and O–H groups in total. The molecule has 1 aromatic carbocycles. The first-order chi connectivity index (χ1) is 10.0. The van der Waals surface area contributed by atoms with Crippen LogP contribution in [-0.2, 0) is 4.74 Å². The van der Waals surface area contributed by atoms with Crippen molar-refractivity contribution in [2.75, 3.05) is 20.3 Å². The van der Waals surface area contributed by atoms with Crippen LogP contribution in [0.25, 0.3) is 0 Å². The number of hydrogen-bond donors (Lipinski definition) is 1. The highest BCUT2D eigenvalue weighted by molar-refractivity contribution is 5.47. The molecule has 2 atom stereocenters. The average molecular weight is 291 g/mol. The summed E-state index contributed by atoms with van der Waals surface area (Å²) < 4.78 is 11.9. The second-order valence-electron chi connectivity index (χ2n) is 6.24. The molecule has 1 aromatic rings. The number of nitrogens with one attached hydrogen (secondary N) is 1. The highest BCUT2D eigenvalue weighted by Crippen LogP contribution is 2.41. The Morgan fingerprint density at radius 1 is 1.33 bits per heavy atom. The van der Waals surface area contributed by atoms with Gasteiger partial charge in [-0.25, -0.2) is 0 Å². The summed E-state index contributed by atoms with van der Waals surface area (Å²) >= 11 is 0. The van der Waals surface area contributed by atoms with Crippen LogP contribution in [0.5, 0.6) is 5.75 Å². The van der Waals surface area contributed by atoms with Gasteiger partial charge >= 0.3 is 0 Å². The molecule has 3 heteroatoms. The maximum absolute atomic E-state index is 6.19. The summed E-state index contributed by atoms with van der Waals surface area (Å²) in [6, 6.07) is 4.54. The largest absolute Gasteiger partial charge is 0.496 e. The molecule has 1 fully saturated rings. The van der Waals surface area contributed by atoms with Gasteiger partial charge in [0.2, 0.25) is 0 Å². The summed E-state index contributed by atoms with van der Waals surface area (Å²) in [7, 11) is 1.76. The van der Waals surface area contributed by atoms with Gasteiger partial charge in [0.05, 0.1) is 18.8 Å². The summed E-state index contributed by atoms with van der Waals surface area (Å²) in [6.07, 6.45) is 3.48. The number of benzene rings is 1. The van der Waals surface area contributed by atoms with Crippen LogP contribution < -0.4 is 10.1 Å². The number of rotatable bonds is 5. The van der Waals surface area contributed by atoms with Crippen molar-refractivity contribution in [3.63, 3.8) is 0 Å². The van der Waals surface area contributed by atoms with E-state index in [9.17, 15) is 0 Å². The minimum absolute atomic E-state index is 0.163. The maximum atomic E-state index is 6.19. The number of hydrogen-bond acceptors (Lipinski definition) is 3. The van der Waals surface area contributed by atoms with Crippen molar-refractivity contribution >= 4 is 0 Å². The minimum atomic E-state index is -0.163. The molecule has 3 nitrogen and oxygen atoms in total. The van der Waals surface area contributed by atoms with Gasteiger partial charge in [0.25, 0.3) is 0 Å². The van der Waals surface area contributed by atoms with E-state index >= 15 is 0 Å². The molecule has 1 aliphatic rings. The molecule has 0 radical (unpaired) electrons. The zero-order valence-electron chi connectivity index (χ0n) is 14.1. The second-order valence-corrected chi connectivity index (χ2v) is 6.24. The van der Waals surface area contributed by atoms with Crippen molar-refractivity contribution in [2.24, 2.45) is 0 Å². The van der Waals surface area contributed by atoms with Crippen LogP contribution in [0.1, 0.15) is 55.8 Å². The van der Waals surface area contributed by atoms with Crippen LogP contribution in [0.4, 0.5) is 0 Å². The number of methoxy groups -OCH3 is 1. The van der Waals surface area contributed by atoms with Gasteiger partial charge < -0.3 is 14.8 Å². The monoisotopic (exact) mass is 291 g/mol. The van der Waals surface area contributed by atoms with Crippen LogP contribution in [0.3, 0.4) is 0 Å². The molecule has 0 amide bonds. The smallest absolute Gasteiger partial charge is 0.126 e. The molecular weight excluding hydrogens is 262 g/mol. The minimum Gasteiger partial charge on any atom is -0.496 e. The van der Waals surface area contributed by atoms with Crippen LogP contribution in [0.2, 0.25) is 0 Å². The molecule has 1 aliphatic heterocycles. The Bertz CT molecular complexity index is 478. The van der Waals surface area contributed by atoms with Crippen molar-refractivity contribution in [3.05, 3.63) is 28.8 Å². The molecule has 1 saturated heterocycles. The van der Waals surface area contributed by atoms with E-state index in [4.69, 9.17) is 9.47 Å². The Morgan fingerprint density at radius 2 is 2.10 bits per heavy atom. The van der Waals surface area contributed by atoms with Gasteiger partial charge in [-0.05, 0) is 57.7 Å². The van der Waals surface area contributed by atoms with E-state index < -0.39 is 0 Å². The molecule has 21 heavy (non-hydrogen) atoms. The highest BCUT2D eigenvalue weighted by atomic mass is 16.5. The first-order valence-electron chi connectivity index (χ1n) is 8.05. The Kier molecular flexibility index (Phi) is 5.28. The van der Waals surface area contributed by atoms with E-state index in [1.54, 1.807) is 7.11 Å². The molecule has 0 spiro atoms. The zero-order valence-corrected chi connectivity index (χ0v) is 14.1. The summed E-state index contributed by atoms with van der Waals surface area (Å²) in [4.78, 5) is 0. The molecule has 2 unspecified atom stereocenters. The van der Waals surface area contributed by atoms with E-state index in [0.29, 0.717) is 0 Å². The van der Waals surface area contributed by atoms with Crippen LogP contribution in [0.15, 0.2) is 12.1 Å². The van der Waals surface area contributed by atoms with Crippen molar-refractivity contribution in [2.45, 2.75) is 58.6 Å². The van der Waals surface area contributed by atoms with E-state index in [-0.39, 0.29) is 11.6 Å². The fourth-order valence-electron chi connectivity index (χ4n) is 3.35. The molecule has 118 valence electrons. The lowest BCUT2D eigenvalue weighted by Gasteiger charge is -2.41. The Hall–Kier alpha value is -1.06. The van der Waals surface area contributed by atoms with Crippen molar-refractivity contribution in [1.29, 1.82) is 0 Å². The van der Waals surface area contributed by atoms with Gasteiger partial charge in [-0.15, -0.1) is 0 Å². The molecule has 0 aliphatic carbocycles. The predicted molar refractivity (Wildman–Crippen MR) is 87.1 cm³/mol. The third-order valence-electron chi connectivity index (χ3n) is 4.74. The van der Waals surface area contributed by atoms with Crippen LogP contribution >= 0.6 is 0 Å². The number of ether oxygens (including phenoxy) is 2. The van der Waals surface area contributed by atoms with Gasteiger partial charge in [0.15, 0.2) is 0 Å². The van der Waals surface area contributed by atoms with Crippen LogP contribution in [0, 0.1) is 13.8 Å². The van der Waals surface area contributed by atoms with Crippen molar-refractivity contribution in [3.8, 4) is 5.75 Å². The molecule has 0 aromatic heterocycles. The predicted octanol–water partition coefficient (Wildman–Crippen LogP) is 3.92. The Balaban J connectivity index is 2.45. The van der Waals surface area contributed by atoms with Gasteiger partial charge in [0.1, 0.15) is 5.75 Å². The highest BCUT2D eigenvalue weighted by Gasteiger charge is 2.39. The molecular formula is C18H29NO2. The van der Waals surface area contributed by atoms with Gasteiger partial charge in [-0.2, -0.15) is 0 Å². The third kappa shape index (κ3) is 3.24. The lowest BCUT2D eigenvalue weighted by atomic mass is 9.82. The van der Waals surface area contributed by atoms with Crippen molar-refractivity contribution in [1.82, 2.24) is 5.32 Å². The van der Waals surface area contributed by atoms with E-state index in [0.717, 1.165) is 25.3 Å². The summed E-state index contributed by atoms with van der Waals surface area (Å²) in [5, 5.41) is 3.63. The molecule has 0 saturated carbocycles. The number of likely N-dealkylation sites (N-methyl/N-ethyl adjacent to an activating group) is 1. The molecule has 2 rings (SSSR count). The Morgan fingerprint density at radius 3 is 2.67 bits per heavy atom. The topological polar surface area (TPSA) is 30.5 Å². The van der Waals surface area contributed by atoms with E-state index in [1.165, 1.54) is 29.5 Å². The second kappa shape index (κ2) is 6.80. The normalized spacial score (nSPS) is 23.9. The SMILES string of the molecule is CCNC(c1ccc(C)c(C)c1OC)C1(C)CCCCO1. The van der Waals surface area contributed by atoms with Crippen molar-refractivity contribution < 1.29 is 9.47 Å². The zero-order chi connectivity index (χ0) is 15.5. The standard InChI is InChI=1S/C18H29NO2/c1-6-19-17(18(4)11-7-8-12-21-18)15-10-9-13(2)14(3)16(15)20-5/h9-10,17,19H,6-8,11-12H2,1-5H3. The summed E-state index contributed by atoms with van der Waals surface area (Å²) in [5.74, 6) is 0.997.